The first-order valence-corrected chi connectivity index (χ1v) is 7.19. The maximum atomic E-state index is 13.8. The van der Waals surface area contributed by atoms with Crippen molar-refractivity contribution in [2.45, 2.75) is 31.7 Å². The van der Waals surface area contributed by atoms with Crippen molar-refractivity contribution in [2.75, 3.05) is 17.3 Å². The molecule has 1 unspecified atom stereocenters. The average Bonchev–Trinajstić information content (AvgIpc) is 2.74. The summed E-state index contributed by atoms with van der Waals surface area (Å²) in [5.74, 6) is 0.892. The van der Waals surface area contributed by atoms with Gasteiger partial charge in [0.1, 0.15) is 0 Å². The molecular formula is C12H15BrClFN2. The minimum absolute atomic E-state index is 0.253. The summed E-state index contributed by atoms with van der Waals surface area (Å²) in [6, 6.07) is 1.86. The van der Waals surface area contributed by atoms with Crippen LogP contribution >= 0.6 is 27.5 Å². The Balaban J connectivity index is 2.14. The standard InChI is InChI=1S/C12H15BrClFN2/c13-9-7-11(15)12(16-8-9)17-6-2-4-10(17)3-1-5-14/h7-8,10H,1-6H2. The van der Waals surface area contributed by atoms with Gasteiger partial charge in [0.05, 0.1) is 0 Å². The second kappa shape index (κ2) is 6.01. The highest BCUT2D eigenvalue weighted by Crippen LogP contribution is 2.29. The fraction of sp³-hybridized carbons (Fsp3) is 0.583. The van der Waals surface area contributed by atoms with Crippen LogP contribution in [0.15, 0.2) is 16.7 Å². The van der Waals surface area contributed by atoms with Gasteiger partial charge in [-0.3, -0.25) is 0 Å². The molecule has 1 aliphatic heterocycles. The molecule has 1 saturated heterocycles. The van der Waals surface area contributed by atoms with Crippen molar-refractivity contribution in [1.29, 1.82) is 0 Å². The van der Waals surface area contributed by atoms with Gasteiger partial charge < -0.3 is 4.90 Å². The van der Waals surface area contributed by atoms with Gasteiger partial charge in [-0.25, -0.2) is 9.37 Å². The monoisotopic (exact) mass is 320 g/mol. The Bertz CT molecular complexity index is 389. The van der Waals surface area contributed by atoms with Crippen molar-refractivity contribution in [3.05, 3.63) is 22.6 Å². The molecule has 1 aliphatic rings. The number of hydrogen-bond donors (Lipinski definition) is 0. The number of rotatable bonds is 4. The third-order valence-corrected chi connectivity index (χ3v) is 3.81. The van der Waals surface area contributed by atoms with Gasteiger partial charge in [0.15, 0.2) is 11.6 Å². The Labute approximate surface area is 114 Å². The number of hydrogen-bond acceptors (Lipinski definition) is 2. The van der Waals surface area contributed by atoms with E-state index in [9.17, 15) is 4.39 Å². The Morgan fingerprint density at radius 3 is 3.12 bits per heavy atom. The molecule has 2 rings (SSSR count). The van der Waals surface area contributed by atoms with Crippen LogP contribution in [0.3, 0.4) is 0 Å². The van der Waals surface area contributed by atoms with Crippen LogP contribution in [0.2, 0.25) is 0 Å². The van der Waals surface area contributed by atoms with E-state index >= 15 is 0 Å². The second-order valence-corrected chi connectivity index (χ2v) is 5.57. The molecule has 1 aromatic heterocycles. The van der Waals surface area contributed by atoms with Crippen LogP contribution in [0.5, 0.6) is 0 Å². The quantitative estimate of drug-likeness (QED) is 0.780. The van der Waals surface area contributed by atoms with E-state index in [0.717, 1.165) is 32.2 Å². The number of nitrogens with zero attached hydrogens (tertiary/aromatic N) is 2. The Hall–Kier alpha value is -0.350. The van der Waals surface area contributed by atoms with E-state index in [1.54, 1.807) is 6.20 Å². The number of aromatic nitrogens is 1. The lowest BCUT2D eigenvalue weighted by molar-refractivity contribution is 0.569. The van der Waals surface area contributed by atoms with E-state index < -0.39 is 0 Å². The summed E-state index contributed by atoms with van der Waals surface area (Å²) in [6.45, 7) is 0.887. The predicted molar refractivity (Wildman–Crippen MR) is 72.2 cm³/mol. The van der Waals surface area contributed by atoms with Gasteiger partial charge in [-0.15, -0.1) is 11.6 Å². The highest BCUT2D eigenvalue weighted by Gasteiger charge is 2.27. The van der Waals surface area contributed by atoms with Gasteiger partial charge in [-0.1, -0.05) is 0 Å². The van der Waals surface area contributed by atoms with Gasteiger partial charge in [0.25, 0.3) is 0 Å². The van der Waals surface area contributed by atoms with Crippen molar-refractivity contribution in [2.24, 2.45) is 0 Å². The molecule has 2 heterocycles. The van der Waals surface area contributed by atoms with E-state index in [2.05, 4.69) is 25.8 Å². The van der Waals surface area contributed by atoms with Crippen molar-refractivity contribution < 1.29 is 4.39 Å². The molecule has 0 aromatic carbocycles. The van der Waals surface area contributed by atoms with Crippen LogP contribution in [0.1, 0.15) is 25.7 Å². The summed E-state index contributed by atoms with van der Waals surface area (Å²) in [5.41, 5.74) is 0. The lowest BCUT2D eigenvalue weighted by Gasteiger charge is -2.25. The first-order chi connectivity index (χ1) is 8.22. The SMILES string of the molecule is Fc1cc(Br)cnc1N1CCCC1CCCCl. The number of halogens is 3. The maximum Gasteiger partial charge on any atom is 0.166 e. The lowest BCUT2D eigenvalue weighted by atomic mass is 10.1. The molecule has 0 bridgehead atoms. The van der Waals surface area contributed by atoms with E-state index in [4.69, 9.17) is 11.6 Å². The summed E-state index contributed by atoms with van der Waals surface area (Å²) in [5, 5.41) is 0. The third-order valence-electron chi connectivity index (χ3n) is 3.11. The minimum atomic E-state index is -0.253. The average molecular weight is 322 g/mol. The smallest absolute Gasteiger partial charge is 0.166 e. The van der Waals surface area contributed by atoms with E-state index in [1.165, 1.54) is 6.07 Å². The normalized spacial score (nSPS) is 19.9. The van der Waals surface area contributed by atoms with Gasteiger partial charge in [-0.2, -0.15) is 0 Å². The number of anilines is 1. The summed E-state index contributed by atoms with van der Waals surface area (Å²) in [7, 11) is 0. The lowest BCUT2D eigenvalue weighted by Crippen LogP contribution is -2.30. The van der Waals surface area contributed by atoms with Crippen LogP contribution in [-0.4, -0.2) is 23.5 Å². The molecule has 5 heteroatoms. The first-order valence-electron chi connectivity index (χ1n) is 5.86. The third kappa shape index (κ3) is 3.10. The molecule has 0 amide bonds. The fourth-order valence-electron chi connectivity index (χ4n) is 2.35. The summed E-state index contributed by atoms with van der Waals surface area (Å²) < 4.78 is 14.5. The molecule has 1 fully saturated rings. The van der Waals surface area contributed by atoms with Gasteiger partial charge >= 0.3 is 0 Å². The van der Waals surface area contributed by atoms with Gasteiger partial charge in [0.2, 0.25) is 0 Å². The number of alkyl halides is 1. The fourth-order valence-corrected chi connectivity index (χ4v) is 2.80. The highest BCUT2D eigenvalue weighted by atomic mass is 79.9. The number of pyridine rings is 1. The molecule has 1 aromatic rings. The van der Waals surface area contributed by atoms with Crippen molar-refractivity contribution in [1.82, 2.24) is 4.98 Å². The van der Waals surface area contributed by atoms with Crippen LogP contribution in [0, 0.1) is 5.82 Å². The van der Waals surface area contributed by atoms with Gasteiger partial charge in [0, 0.05) is 29.1 Å². The first kappa shape index (κ1) is 13.1. The largest absolute Gasteiger partial charge is 0.351 e. The molecule has 17 heavy (non-hydrogen) atoms. The van der Waals surface area contributed by atoms with Crippen molar-refractivity contribution in [3.63, 3.8) is 0 Å². The Morgan fingerprint density at radius 2 is 2.41 bits per heavy atom. The van der Waals surface area contributed by atoms with E-state index in [1.807, 2.05) is 0 Å². The van der Waals surface area contributed by atoms with E-state index in [0.29, 0.717) is 22.2 Å². The van der Waals surface area contributed by atoms with Crippen molar-refractivity contribution >= 4 is 33.3 Å². The maximum absolute atomic E-state index is 13.8. The van der Waals surface area contributed by atoms with Crippen LogP contribution in [0.4, 0.5) is 10.2 Å². The topological polar surface area (TPSA) is 16.1 Å². The second-order valence-electron chi connectivity index (χ2n) is 4.28. The van der Waals surface area contributed by atoms with E-state index in [-0.39, 0.29) is 5.82 Å². The summed E-state index contributed by atoms with van der Waals surface area (Å²) in [6.07, 6.45) is 5.84. The molecule has 0 N–H and O–H groups in total. The molecule has 0 saturated carbocycles. The van der Waals surface area contributed by atoms with Gasteiger partial charge in [-0.05, 0) is 47.7 Å². The van der Waals surface area contributed by atoms with Crippen LogP contribution in [0.25, 0.3) is 0 Å². The van der Waals surface area contributed by atoms with Crippen LogP contribution < -0.4 is 4.90 Å². The zero-order chi connectivity index (χ0) is 12.3. The zero-order valence-electron chi connectivity index (χ0n) is 9.50. The van der Waals surface area contributed by atoms with Crippen LogP contribution in [-0.2, 0) is 0 Å². The summed E-state index contributed by atoms with van der Waals surface area (Å²) in [4.78, 5) is 6.27. The molecule has 1 atom stereocenters. The Kier molecular flexibility index (Phi) is 4.62. The predicted octanol–water partition coefficient (Wildman–Crippen LogP) is 3.97. The van der Waals surface area contributed by atoms with Crippen molar-refractivity contribution in [3.8, 4) is 0 Å². The molecule has 0 spiro atoms. The molecular weight excluding hydrogens is 307 g/mol. The highest BCUT2D eigenvalue weighted by molar-refractivity contribution is 9.10. The molecule has 94 valence electrons. The minimum Gasteiger partial charge on any atom is -0.351 e. The molecule has 0 aliphatic carbocycles. The Morgan fingerprint density at radius 1 is 1.59 bits per heavy atom. The zero-order valence-corrected chi connectivity index (χ0v) is 11.8. The molecule has 0 radical (unpaired) electrons. The summed E-state index contributed by atoms with van der Waals surface area (Å²) >= 11 is 8.93. The molecule has 2 nitrogen and oxygen atoms in total.